The van der Waals surface area contributed by atoms with E-state index in [1.165, 1.54) is 25.3 Å². The maximum absolute atomic E-state index is 12.0. The minimum atomic E-state index is -0.419. The number of thiocarbonyl (C=S) groups is 1. The van der Waals surface area contributed by atoms with Crippen molar-refractivity contribution >= 4 is 34.2 Å². The number of ether oxygens (including phenoxy) is 1. The highest BCUT2D eigenvalue weighted by atomic mass is 32.1. The Morgan fingerprint density at radius 3 is 2.82 bits per heavy atom. The molecule has 0 radical (unpaired) electrons. The van der Waals surface area contributed by atoms with Crippen LogP contribution in [0, 0.1) is 12.8 Å². The number of amides is 1. The van der Waals surface area contributed by atoms with Crippen molar-refractivity contribution in [2.75, 3.05) is 6.61 Å². The monoisotopic (exact) mass is 403 g/mol. The largest absolute Gasteiger partial charge is 0.484 e. The van der Waals surface area contributed by atoms with E-state index in [0.717, 1.165) is 17.4 Å². The van der Waals surface area contributed by atoms with Crippen LogP contribution in [0.4, 0.5) is 0 Å². The second-order valence-electron chi connectivity index (χ2n) is 7.21. The molecule has 7 nitrogen and oxygen atoms in total. The van der Waals surface area contributed by atoms with Gasteiger partial charge in [0.05, 0.1) is 0 Å². The van der Waals surface area contributed by atoms with E-state index < -0.39 is 5.63 Å². The molecule has 8 heteroatoms. The number of carbonyl (C=O) groups excluding carboxylic acids is 1. The van der Waals surface area contributed by atoms with Crippen molar-refractivity contribution in [3.8, 4) is 5.75 Å². The summed E-state index contributed by atoms with van der Waals surface area (Å²) in [6.07, 6.45) is 4.71. The molecule has 3 N–H and O–H groups in total. The topological polar surface area (TPSA) is 92.6 Å². The molecule has 28 heavy (non-hydrogen) atoms. The molecule has 0 saturated heterocycles. The summed E-state index contributed by atoms with van der Waals surface area (Å²) in [6.45, 7) is 3.85. The number of carbonyl (C=O) groups is 1. The Morgan fingerprint density at radius 2 is 2.04 bits per heavy atom. The molecule has 1 aromatic carbocycles. The molecule has 1 amide bonds. The van der Waals surface area contributed by atoms with E-state index >= 15 is 0 Å². The van der Waals surface area contributed by atoms with Gasteiger partial charge in [0.1, 0.15) is 11.3 Å². The fourth-order valence-electron chi connectivity index (χ4n) is 3.44. The minimum absolute atomic E-state index is 0.197. The van der Waals surface area contributed by atoms with Crippen LogP contribution in [-0.2, 0) is 4.79 Å². The first-order valence-electron chi connectivity index (χ1n) is 9.45. The molecule has 1 saturated carbocycles. The number of benzene rings is 1. The number of hydrogen-bond donors (Lipinski definition) is 3. The Bertz CT molecular complexity index is 927. The summed E-state index contributed by atoms with van der Waals surface area (Å²) in [5.74, 6) is 0.629. The van der Waals surface area contributed by atoms with Gasteiger partial charge in [-0.1, -0.05) is 19.8 Å². The molecule has 1 heterocycles. The predicted molar refractivity (Wildman–Crippen MR) is 111 cm³/mol. The van der Waals surface area contributed by atoms with E-state index in [9.17, 15) is 9.59 Å². The average molecular weight is 404 g/mol. The first kappa shape index (κ1) is 20.1. The number of hydrogen-bond acceptors (Lipinski definition) is 5. The fourth-order valence-corrected chi connectivity index (χ4v) is 3.64. The van der Waals surface area contributed by atoms with Crippen molar-refractivity contribution in [1.29, 1.82) is 0 Å². The van der Waals surface area contributed by atoms with E-state index in [-0.39, 0.29) is 12.5 Å². The molecule has 1 aliphatic rings. The maximum atomic E-state index is 12.0. The molecule has 150 valence electrons. The van der Waals surface area contributed by atoms with Gasteiger partial charge in [0.2, 0.25) is 0 Å². The van der Waals surface area contributed by atoms with Gasteiger partial charge in [-0.15, -0.1) is 0 Å². The lowest BCUT2D eigenvalue weighted by Crippen LogP contribution is -2.52. The Labute approximate surface area is 168 Å². The minimum Gasteiger partial charge on any atom is -0.484 e. The van der Waals surface area contributed by atoms with Crippen LogP contribution in [-0.4, -0.2) is 23.7 Å². The van der Waals surface area contributed by atoms with Gasteiger partial charge in [-0.2, -0.15) is 0 Å². The lowest BCUT2D eigenvalue weighted by molar-refractivity contribution is -0.123. The third kappa shape index (κ3) is 5.22. The first-order valence-corrected chi connectivity index (χ1v) is 9.86. The zero-order valence-electron chi connectivity index (χ0n) is 16.0. The lowest BCUT2D eigenvalue weighted by Gasteiger charge is -2.30. The van der Waals surface area contributed by atoms with Crippen LogP contribution in [0.5, 0.6) is 5.75 Å². The molecule has 2 atom stereocenters. The number of nitrogens with one attached hydrogen (secondary N) is 3. The quantitative estimate of drug-likeness (QED) is 0.410. The number of aryl methyl sites for hydroxylation is 1. The van der Waals surface area contributed by atoms with Crippen LogP contribution in [0.15, 0.2) is 33.5 Å². The Kier molecular flexibility index (Phi) is 6.51. The van der Waals surface area contributed by atoms with Crippen molar-refractivity contribution in [3.63, 3.8) is 0 Å². The molecule has 0 spiro atoms. The molecule has 0 bridgehead atoms. The van der Waals surface area contributed by atoms with Gasteiger partial charge in [-0.3, -0.25) is 15.6 Å². The summed E-state index contributed by atoms with van der Waals surface area (Å²) in [7, 11) is 0. The van der Waals surface area contributed by atoms with E-state index in [4.69, 9.17) is 21.4 Å². The summed E-state index contributed by atoms with van der Waals surface area (Å²) in [6, 6.07) is 6.89. The zero-order valence-corrected chi connectivity index (χ0v) is 16.9. The summed E-state index contributed by atoms with van der Waals surface area (Å²) in [4.78, 5) is 23.5. The first-order chi connectivity index (χ1) is 13.4. The summed E-state index contributed by atoms with van der Waals surface area (Å²) >= 11 is 5.24. The third-order valence-corrected chi connectivity index (χ3v) is 5.26. The van der Waals surface area contributed by atoms with Crippen LogP contribution in [0.3, 0.4) is 0 Å². The van der Waals surface area contributed by atoms with Gasteiger partial charge < -0.3 is 14.5 Å². The van der Waals surface area contributed by atoms with Gasteiger partial charge >= 0.3 is 5.63 Å². The summed E-state index contributed by atoms with van der Waals surface area (Å²) < 4.78 is 10.7. The smallest absolute Gasteiger partial charge is 0.336 e. The molecule has 1 fully saturated rings. The van der Waals surface area contributed by atoms with Crippen LogP contribution in [0.1, 0.15) is 38.2 Å². The van der Waals surface area contributed by atoms with Crippen molar-refractivity contribution in [1.82, 2.24) is 16.2 Å². The van der Waals surface area contributed by atoms with Gasteiger partial charge in [0, 0.05) is 23.6 Å². The van der Waals surface area contributed by atoms with Crippen molar-refractivity contribution in [2.24, 2.45) is 5.92 Å². The van der Waals surface area contributed by atoms with E-state index in [0.29, 0.717) is 28.4 Å². The zero-order chi connectivity index (χ0) is 20.1. The van der Waals surface area contributed by atoms with Gasteiger partial charge in [-0.25, -0.2) is 4.79 Å². The van der Waals surface area contributed by atoms with Crippen molar-refractivity contribution < 1.29 is 13.9 Å². The molecular formula is C20H25N3O4S. The number of rotatable bonds is 4. The highest BCUT2D eigenvalue weighted by Crippen LogP contribution is 2.23. The predicted octanol–water partition coefficient (Wildman–Crippen LogP) is 2.55. The molecular weight excluding hydrogens is 378 g/mol. The van der Waals surface area contributed by atoms with Crippen molar-refractivity contribution in [2.45, 2.75) is 45.6 Å². The maximum Gasteiger partial charge on any atom is 0.336 e. The second-order valence-corrected chi connectivity index (χ2v) is 7.62. The van der Waals surface area contributed by atoms with E-state index in [1.807, 2.05) is 6.92 Å². The van der Waals surface area contributed by atoms with Gasteiger partial charge in [0.25, 0.3) is 5.91 Å². The standard InChI is InChI=1S/C20H25N3O4S/c1-12-5-3-4-6-16(12)21-20(28)23-22-18(24)11-26-14-7-8-15-13(2)9-19(25)27-17(15)10-14/h7-10,12,16H,3-6,11H2,1-2H3,(H,22,24)(H2,21,23,28)/t12-,16-/m0/s1. The van der Waals surface area contributed by atoms with Crippen LogP contribution in [0.25, 0.3) is 11.0 Å². The van der Waals surface area contributed by atoms with Gasteiger partial charge in [-0.05, 0) is 55.6 Å². The molecule has 1 aliphatic carbocycles. The highest BCUT2D eigenvalue weighted by Gasteiger charge is 2.21. The Morgan fingerprint density at radius 1 is 1.25 bits per heavy atom. The number of fused-ring (bicyclic) bond motifs is 1. The SMILES string of the molecule is Cc1cc(=O)oc2cc(OCC(=O)NNC(=S)N[C@H]3CCCC[C@@H]3C)ccc12. The van der Waals surface area contributed by atoms with Crippen molar-refractivity contribution in [3.05, 3.63) is 40.2 Å². The third-order valence-electron chi connectivity index (χ3n) is 5.04. The van der Waals surface area contributed by atoms with Crippen LogP contribution >= 0.6 is 12.2 Å². The van der Waals surface area contributed by atoms with Crippen LogP contribution in [0.2, 0.25) is 0 Å². The molecule has 0 aliphatic heterocycles. The average Bonchev–Trinajstić information content (AvgIpc) is 2.66. The fraction of sp³-hybridized carbons (Fsp3) is 0.450. The van der Waals surface area contributed by atoms with E-state index in [2.05, 4.69) is 23.1 Å². The molecule has 2 aromatic rings. The molecule has 1 aromatic heterocycles. The van der Waals surface area contributed by atoms with Crippen LogP contribution < -0.4 is 26.5 Å². The summed E-state index contributed by atoms with van der Waals surface area (Å²) in [5, 5.41) is 4.47. The Hall–Kier alpha value is -2.61. The Balaban J connectivity index is 1.47. The van der Waals surface area contributed by atoms with Gasteiger partial charge in [0.15, 0.2) is 11.7 Å². The highest BCUT2D eigenvalue weighted by molar-refractivity contribution is 7.80. The lowest BCUT2D eigenvalue weighted by atomic mass is 9.86. The second kappa shape index (κ2) is 9.05. The molecule has 0 unspecified atom stereocenters. The normalized spacial score (nSPS) is 19.1. The number of hydrazine groups is 1. The van der Waals surface area contributed by atoms with E-state index in [1.54, 1.807) is 18.2 Å². The summed E-state index contributed by atoms with van der Waals surface area (Å²) in [5.41, 5.74) is 6.07. The molecule has 3 rings (SSSR count).